The van der Waals surface area contributed by atoms with E-state index in [9.17, 15) is 9.90 Å². The molecule has 4 rings (SSSR count). The highest BCUT2D eigenvalue weighted by atomic mass is 16.4. The van der Waals surface area contributed by atoms with Gasteiger partial charge in [-0.3, -0.25) is 5.10 Å². The largest absolute Gasteiger partial charge is 0.478 e. The Morgan fingerprint density at radius 1 is 1.30 bits per heavy atom. The number of benzene rings is 1. The minimum absolute atomic E-state index is 0.130. The van der Waals surface area contributed by atoms with Gasteiger partial charge in [0.15, 0.2) is 0 Å². The van der Waals surface area contributed by atoms with E-state index >= 15 is 0 Å². The smallest absolute Gasteiger partial charge is 0.338 e. The molecule has 3 heterocycles. The normalized spacial score (nSPS) is 11.2. The van der Waals surface area contributed by atoms with E-state index in [-0.39, 0.29) is 5.56 Å². The van der Waals surface area contributed by atoms with Crippen molar-refractivity contribution in [1.29, 1.82) is 0 Å². The number of carboxylic acid groups (broad SMARTS) is 1. The quantitative estimate of drug-likeness (QED) is 0.462. The lowest BCUT2D eigenvalue weighted by molar-refractivity contribution is 0.0699. The summed E-state index contributed by atoms with van der Waals surface area (Å²) in [6, 6.07) is 3.91. The summed E-state index contributed by atoms with van der Waals surface area (Å²) < 4.78 is 0. The summed E-state index contributed by atoms with van der Waals surface area (Å²) in [5, 5.41) is 20.8. The van der Waals surface area contributed by atoms with Gasteiger partial charge in [-0.15, -0.1) is 0 Å². The molecule has 0 atom stereocenters. The van der Waals surface area contributed by atoms with E-state index in [1.54, 1.807) is 6.20 Å². The summed E-state index contributed by atoms with van der Waals surface area (Å²) in [4.78, 5) is 22.5. The van der Waals surface area contributed by atoms with E-state index in [0.29, 0.717) is 16.9 Å². The Labute approximate surface area is 129 Å². The van der Waals surface area contributed by atoms with E-state index in [4.69, 9.17) is 0 Å². The van der Waals surface area contributed by atoms with Crippen LogP contribution in [0.15, 0.2) is 30.9 Å². The molecule has 3 aromatic heterocycles. The van der Waals surface area contributed by atoms with Gasteiger partial charge >= 0.3 is 5.97 Å². The second-order valence-corrected chi connectivity index (χ2v) is 5.20. The van der Waals surface area contributed by atoms with Crippen LogP contribution in [0, 0.1) is 6.92 Å². The lowest BCUT2D eigenvalue weighted by Crippen LogP contribution is -2.01. The van der Waals surface area contributed by atoms with Crippen LogP contribution in [-0.2, 0) is 0 Å². The molecule has 0 saturated heterocycles. The average molecular weight is 308 g/mol. The molecule has 0 aliphatic heterocycles. The Balaban J connectivity index is 1.87. The standard InChI is InChI=1S/C15H12N6O2/c1-7-2-11-8(4-19-21-11)3-10(7)20-14-12-9(15(22)23)5-16-13(12)17-6-18-14/h2-6H,1H3,(H,19,21)(H,22,23)(H2,16,17,18,20). The van der Waals surface area contributed by atoms with Gasteiger partial charge in [0.2, 0.25) is 0 Å². The topological polar surface area (TPSA) is 120 Å². The second-order valence-electron chi connectivity index (χ2n) is 5.20. The number of nitrogens with zero attached hydrogens (tertiary/aromatic N) is 3. The first-order chi connectivity index (χ1) is 11.1. The molecule has 4 N–H and O–H groups in total. The highest BCUT2D eigenvalue weighted by Crippen LogP contribution is 2.29. The summed E-state index contributed by atoms with van der Waals surface area (Å²) in [7, 11) is 0. The Kier molecular flexibility index (Phi) is 2.77. The van der Waals surface area contributed by atoms with Crippen LogP contribution in [-0.4, -0.2) is 36.2 Å². The molecular formula is C15H12N6O2. The summed E-state index contributed by atoms with van der Waals surface area (Å²) in [6.45, 7) is 1.95. The van der Waals surface area contributed by atoms with Crippen molar-refractivity contribution < 1.29 is 9.90 Å². The molecule has 114 valence electrons. The van der Waals surface area contributed by atoms with Gasteiger partial charge in [-0.25, -0.2) is 14.8 Å². The molecule has 0 radical (unpaired) electrons. The molecule has 0 bridgehead atoms. The Hall–Kier alpha value is -3.42. The number of anilines is 2. The van der Waals surface area contributed by atoms with Crippen molar-refractivity contribution in [2.75, 3.05) is 5.32 Å². The molecule has 1 aromatic carbocycles. The maximum Gasteiger partial charge on any atom is 0.338 e. The van der Waals surface area contributed by atoms with Crippen molar-refractivity contribution in [3.05, 3.63) is 42.0 Å². The molecule has 0 fully saturated rings. The fourth-order valence-electron chi connectivity index (χ4n) is 2.59. The maximum atomic E-state index is 11.4. The molecule has 0 spiro atoms. The van der Waals surface area contributed by atoms with Crippen molar-refractivity contribution in [3.8, 4) is 0 Å². The van der Waals surface area contributed by atoms with Crippen LogP contribution in [0.5, 0.6) is 0 Å². The first-order valence-corrected chi connectivity index (χ1v) is 6.89. The maximum absolute atomic E-state index is 11.4. The number of hydrogen-bond donors (Lipinski definition) is 4. The molecule has 0 aliphatic rings. The van der Waals surface area contributed by atoms with E-state index in [0.717, 1.165) is 22.2 Å². The molecule has 23 heavy (non-hydrogen) atoms. The molecule has 8 nitrogen and oxygen atoms in total. The number of nitrogens with one attached hydrogen (secondary N) is 3. The molecular weight excluding hydrogens is 296 g/mol. The summed E-state index contributed by atoms with van der Waals surface area (Å²) in [5.41, 5.74) is 3.36. The van der Waals surface area contributed by atoms with Crippen LogP contribution in [0.1, 0.15) is 15.9 Å². The second kappa shape index (κ2) is 4.80. The highest BCUT2D eigenvalue weighted by Gasteiger charge is 2.16. The summed E-state index contributed by atoms with van der Waals surface area (Å²) in [6.07, 6.45) is 4.53. The van der Waals surface area contributed by atoms with E-state index in [1.807, 2.05) is 19.1 Å². The number of aromatic nitrogens is 5. The fraction of sp³-hybridized carbons (Fsp3) is 0.0667. The number of hydrogen-bond acceptors (Lipinski definition) is 5. The number of carbonyl (C=O) groups is 1. The van der Waals surface area contributed by atoms with Gasteiger partial charge in [0.1, 0.15) is 17.8 Å². The zero-order valence-corrected chi connectivity index (χ0v) is 12.1. The van der Waals surface area contributed by atoms with Crippen LogP contribution >= 0.6 is 0 Å². The predicted molar refractivity (Wildman–Crippen MR) is 85.0 cm³/mol. The Morgan fingerprint density at radius 3 is 3.00 bits per heavy atom. The number of carboxylic acids is 1. The van der Waals surface area contributed by atoms with Crippen molar-refractivity contribution in [2.45, 2.75) is 6.92 Å². The lowest BCUT2D eigenvalue weighted by Gasteiger charge is -2.10. The van der Waals surface area contributed by atoms with E-state index < -0.39 is 5.97 Å². The number of fused-ring (bicyclic) bond motifs is 2. The molecule has 8 heteroatoms. The van der Waals surface area contributed by atoms with Crippen LogP contribution in [0.3, 0.4) is 0 Å². The van der Waals surface area contributed by atoms with Gasteiger partial charge in [-0.2, -0.15) is 5.10 Å². The molecule has 0 aliphatic carbocycles. The van der Waals surface area contributed by atoms with Gasteiger partial charge in [0.25, 0.3) is 0 Å². The van der Waals surface area contributed by atoms with Gasteiger partial charge < -0.3 is 15.4 Å². The van der Waals surface area contributed by atoms with Crippen molar-refractivity contribution in [3.63, 3.8) is 0 Å². The summed E-state index contributed by atoms with van der Waals surface area (Å²) >= 11 is 0. The minimum atomic E-state index is -1.03. The van der Waals surface area contributed by atoms with Gasteiger partial charge in [-0.05, 0) is 24.6 Å². The third kappa shape index (κ3) is 2.08. The first kappa shape index (κ1) is 13.3. The molecule has 0 saturated carbocycles. The van der Waals surface area contributed by atoms with E-state index in [1.165, 1.54) is 12.5 Å². The zero-order valence-electron chi connectivity index (χ0n) is 12.1. The number of H-pyrrole nitrogens is 2. The lowest BCUT2D eigenvalue weighted by atomic mass is 10.1. The monoisotopic (exact) mass is 308 g/mol. The minimum Gasteiger partial charge on any atom is -0.478 e. The van der Waals surface area contributed by atoms with Crippen molar-refractivity contribution >= 4 is 39.4 Å². The number of rotatable bonds is 3. The average Bonchev–Trinajstić information content (AvgIpc) is 3.14. The third-order valence-electron chi connectivity index (χ3n) is 3.74. The zero-order chi connectivity index (χ0) is 16.0. The van der Waals surface area contributed by atoms with Crippen LogP contribution in [0.4, 0.5) is 11.5 Å². The van der Waals surface area contributed by atoms with Gasteiger partial charge in [0, 0.05) is 17.3 Å². The summed E-state index contributed by atoms with van der Waals surface area (Å²) in [5.74, 6) is -0.587. The molecule has 0 amide bonds. The SMILES string of the molecule is Cc1cc2[nH]ncc2cc1Nc1ncnc2[nH]cc(C(=O)O)c12. The van der Waals surface area contributed by atoms with Crippen molar-refractivity contribution in [2.24, 2.45) is 0 Å². The van der Waals surface area contributed by atoms with E-state index in [2.05, 4.69) is 30.5 Å². The van der Waals surface area contributed by atoms with Crippen LogP contribution in [0.2, 0.25) is 0 Å². The number of aryl methyl sites for hydroxylation is 1. The highest BCUT2D eigenvalue weighted by molar-refractivity contribution is 6.07. The van der Waals surface area contributed by atoms with Crippen LogP contribution < -0.4 is 5.32 Å². The Bertz CT molecular complexity index is 1050. The first-order valence-electron chi connectivity index (χ1n) is 6.89. The third-order valence-corrected chi connectivity index (χ3v) is 3.74. The van der Waals surface area contributed by atoms with Crippen molar-refractivity contribution in [1.82, 2.24) is 25.1 Å². The molecule has 0 unspecified atom stereocenters. The fourth-order valence-corrected chi connectivity index (χ4v) is 2.59. The molecule has 4 aromatic rings. The van der Waals surface area contributed by atoms with Crippen LogP contribution in [0.25, 0.3) is 21.9 Å². The Morgan fingerprint density at radius 2 is 2.17 bits per heavy atom. The van der Waals surface area contributed by atoms with Gasteiger partial charge in [0.05, 0.1) is 22.7 Å². The predicted octanol–water partition coefficient (Wildman–Crippen LogP) is 2.58. The number of aromatic carboxylic acids is 1. The number of aromatic amines is 2. The van der Waals surface area contributed by atoms with Gasteiger partial charge in [-0.1, -0.05) is 0 Å².